The standard InChI is InChI=1S/C19H27BrN4O3/c1-2-21-17(26)19(11-4-3-5-12-19)24-16(25)10-13-22-18(27)23-15-8-6-14(20)7-9-15/h6-9H,2-5,10-13H2,1H3,(H,21,26)(H,24,25)(H2,22,23,27). The fraction of sp³-hybridized carbons (Fsp3) is 0.526. The number of anilines is 1. The fourth-order valence-corrected chi connectivity index (χ4v) is 3.49. The molecule has 1 aromatic rings. The van der Waals surface area contributed by atoms with E-state index in [1.165, 1.54) is 0 Å². The molecule has 1 aromatic carbocycles. The van der Waals surface area contributed by atoms with Gasteiger partial charge in [-0.2, -0.15) is 0 Å². The Kier molecular flexibility index (Phi) is 8.09. The zero-order valence-corrected chi connectivity index (χ0v) is 17.2. The van der Waals surface area contributed by atoms with E-state index in [0.29, 0.717) is 25.1 Å². The van der Waals surface area contributed by atoms with Gasteiger partial charge in [-0.3, -0.25) is 9.59 Å². The lowest BCUT2D eigenvalue weighted by Gasteiger charge is -2.36. The third-order valence-electron chi connectivity index (χ3n) is 4.60. The van der Waals surface area contributed by atoms with Crippen molar-refractivity contribution < 1.29 is 14.4 Å². The van der Waals surface area contributed by atoms with Crippen LogP contribution in [0.25, 0.3) is 0 Å². The molecule has 0 heterocycles. The first-order valence-electron chi connectivity index (χ1n) is 9.35. The molecule has 148 valence electrons. The summed E-state index contributed by atoms with van der Waals surface area (Å²) in [6, 6.07) is 6.83. The molecule has 7 nitrogen and oxygen atoms in total. The predicted octanol–water partition coefficient (Wildman–Crippen LogP) is 2.92. The van der Waals surface area contributed by atoms with Crippen LogP contribution in [0.5, 0.6) is 0 Å². The highest BCUT2D eigenvalue weighted by Gasteiger charge is 2.40. The van der Waals surface area contributed by atoms with Gasteiger partial charge in [0.25, 0.3) is 0 Å². The third-order valence-corrected chi connectivity index (χ3v) is 5.13. The maximum atomic E-state index is 12.5. The van der Waals surface area contributed by atoms with E-state index in [0.717, 1.165) is 23.7 Å². The Morgan fingerprint density at radius 2 is 1.70 bits per heavy atom. The highest BCUT2D eigenvalue weighted by molar-refractivity contribution is 9.10. The number of carbonyl (C=O) groups excluding carboxylic acids is 3. The number of rotatable bonds is 7. The summed E-state index contributed by atoms with van der Waals surface area (Å²) in [6.07, 6.45) is 4.35. The molecule has 1 aliphatic rings. The van der Waals surface area contributed by atoms with Crippen LogP contribution in [0.3, 0.4) is 0 Å². The number of hydrogen-bond donors (Lipinski definition) is 4. The Balaban J connectivity index is 1.79. The maximum absolute atomic E-state index is 12.5. The molecule has 27 heavy (non-hydrogen) atoms. The molecule has 0 bridgehead atoms. The lowest BCUT2D eigenvalue weighted by molar-refractivity contribution is -0.135. The molecule has 4 amide bonds. The van der Waals surface area contributed by atoms with Gasteiger partial charge < -0.3 is 21.3 Å². The van der Waals surface area contributed by atoms with E-state index in [-0.39, 0.29) is 30.8 Å². The van der Waals surface area contributed by atoms with E-state index in [2.05, 4.69) is 37.2 Å². The summed E-state index contributed by atoms with van der Waals surface area (Å²) in [5, 5.41) is 11.1. The van der Waals surface area contributed by atoms with Gasteiger partial charge in [0.2, 0.25) is 11.8 Å². The molecular weight excluding hydrogens is 412 g/mol. The lowest BCUT2D eigenvalue weighted by atomic mass is 9.80. The number of benzene rings is 1. The number of urea groups is 1. The number of nitrogens with one attached hydrogen (secondary N) is 4. The summed E-state index contributed by atoms with van der Waals surface area (Å²) in [6.45, 7) is 2.60. The molecule has 1 aliphatic carbocycles. The highest BCUT2D eigenvalue weighted by Crippen LogP contribution is 2.28. The van der Waals surface area contributed by atoms with Gasteiger partial charge in [-0.25, -0.2) is 4.79 Å². The summed E-state index contributed by atoms with van der Waals surface area (Å²) in [5.41, 5.74) is -0.150. The van der Waals surface area contributed by atoms with Crippen LogP contribution in [0, 0.1) is 0 Å². The Labute approximate surface area is 168 Å². The van der Waals surface area contributed by atoms with E-state index in [4.69, 9.17) is 0 Å². The van der Waals surface area contributed by atoms with Crippen LogP contribution in [-0.4, -0.2) is 36.5 Å². The molecule has 0 saturated heterocycles. The van der Waals surface area contributed by atoms with Crippen molar-refractivity contribution in [3.05, 3.63) is 28.7 Å². The zero-order valence-electron chi connectivity index (χ0n) is 15.6. The van der Waals surface area contributed by atoms with Gasteiger partial charge >= 0.3 is 6.03 Å². The molecule has 1 saturated carbocycles. The molecule has 4 N–H and O–H groups in total. The summed E-state index contributed by atoms with van der Waals surface area (Å²) in [4.78, 5) is 36.7. The quantitative estimate of drug-likeness (QED) is 0.526. The van der Waals surface area contributed by atoms with Crippen LogP contribution in [0.1, 0.15) is 45.4 Å². The second kappa shape index (κ2) is 10.3. The Morgan fingerprint density at radius 1 is 1.04 bits per heavy atom. The number of halogens is 1. The number of likely N-dealkylation sites (N-methyl/N-ethyl adjacent to an activating group) is 1. The summed E-state index contributed by atoms with van der Waals surface area (Å²) < 4.78 is 0.925. The minimum atomic E-state index is -0.814. The molecule has 1 fully saturated rings. The van der Waals surface area contributed by atoms with E-state index < -0.39 is 5.54 Å². The summed E-state index contributed by atoms with van der Waals surface area (Å²) in [7, 11) is 0. The smallest absolute Gasteiger partial charge is 0.319 e. The SMILES string of the molecule is CCNC(=O)C1(NC(=O)CCNC(=O)Nc2ccc(Br)cc2)CCCCC1. The van der Waals surface area contributed by atoms with Crippen LogP contribution in [0.15, 0.2) is 28.7 Å². The largest absolute Gasteiger partial charge is 0.354 e. The lowest BCUT2D eigenvalue weighted by Crippen LogP contribution is -2.59. The van der Waals surface area contributed by atoms with Crippen molar-refractivity contribution in [1.82, 2.24) is 16.0 Å². The second-order valence-corrected chi connectivity index (χ2v) is 7.60. The van der Waals surface area contributed by atoms with Crippen molar-refractivity contribution in [2.45, 2.75) is 51.0 Å². The highest BCUT2D eigenvalue weighted by atomic mass is 79.9. The Morgan fingerprint density at radius 3 is 2.33 bits per heavy atom. The van der Waals surface area contributed by atoms with Gasteiger partial charge in [0.15, 0.2) is 0 Å². The fourth-order valence-electron chi connectivity index (χ4n) is 3.22. The molecule has 0 aromatic heterocycles. The van der Waals surface area contributed by atoms with Crippen molar-refractivity contribution in [3.63, 3.8) is 0 Å². The molecular formula is C19H27BrN4O3. The minimum Gasteiger partial charge on any atom is -0.354 e. The van der Waals surface area contributed by atoms with Gasteiger partial charge in [0.05, 0.1) is 0 Å². The summed E-state index contributed by atoms with van der Waals surface area (Å²) >= 11 is 3.33. The normalized spacial score (nSPS) is 15.5. The van der Waals surface area contributed by atoms with Crippen LogP contribution in [0.2, 0.25) is 0 Å². The first-order chi connectivity index (χ1) is 12.9. The van der Waals surface area contributed by atoms with Gasteiger partial charge in [-0.1, -0.05) is 35.2 Å². The first kappa shape index (κ1) is 21.2. The maximum Gasteiger partial charge on any atom is 0.319 e. The number of carbonyl (C=O) groups is 3. The van der Waals surface area contributed by atoms with Crippen molar-refractivity contribution in [2.75, 3.05) is 18.4 Å². The molecule has 0 atom stereocenters. The van der Waals surface area contributed by atoms with Gasteiger partial charge in [-0.15, -0.1) is 0 Å². The molecule has 0 spiro atoms. The van der Waals surface area contributed by atoms with E-state index >= 15 is 0 Å². The van der Waals surface area contributed by atoms with Crippen LogP contribution < -0.4 is 21.3 Å². The van der Waals surface area contributed by atoms with Crippen molar-refractivity contribution >= 4 is 39.5 Å². The molecule has 0 aliphatic heterocycles. The van der Waals surface area contributed by atoms with Crippen LogP contribution in [0.4, 0.5) is 10.5 Å². The Hall–Kier alpha value is -2.09. The molecule has 2 rings (SSSR count). The topological polar surface area (TPSA) is 99.3 Å². The van der Waals surface area contributed by atoms with Crippen molar-refractivity contribution in [1.29, 1.82) is 0 Å². The molecule has 0 radical (unpaired) electrons. The van der Waals surface area contributed by atoms with E-state index in [1.54, 1.807) is 12.1 Å². The second-order valence-electron chi connectivity index (χ2n) is 6.69. The molecule has 0 unspecified atom stereocenters. The minimum absolute atomic E-state index is 0.112. The van der Waals surface area contributed by atoms with Crippen LogP contribution in [-0.2, 0) is 9.59 Å². The Bertz CT molecular complexity index is 657. The van der Waals surface area contributed by atoms with E-state index in [1.807, 2.05) is 19.1 Å². The van der Waals surface area contributed by atoms with Gasteiger partial charge in [-0.05, 0) is 44.0 Å². The van der Waals surface area contributed by atoms with Crippen LogP contribution >= 0.6 is 15.9 Å². The molecule has 8 heteroatoms. The number of hydrogen-bond acceptors (Lipinski definition) is 3. The number of amides is 4. The van der Waals surface area contributed by atoms with Crippen molar-refractivity contribution in [2.24, 2.45) is 0 Å². The van der Waals surface area contributed by atoms with E-state index in [9.17, 15) is 14.4 Å². The average Bonchev–Trinajstić information content (AvgIpc) is 2.64. The van der Waals surface area contributed by atoms with Gasteiger partial charge in [0.1, 0.15) is 5.54 Å². The predicted molar refractivity (Wildman–Crippen MR) is 108 cm³/mol. The summed E-state index contributed by atoms with van der Waals surface area (Å²) in [5.74, 6) is -0.342. The average molecular weight is 439 g/mol. The zero-order chi connectivity index (χ0) is 19.7. The monoisotopic (exact) mass is 438 g/mol. The third kappa shape index (κ3) is 6.53. The van der Waals surface area contributed by atoms with Gasteiger partial charge in [0, 0.05) is 29.7 Å². The first-order valence-corrected chi connectivity index (χ1v) is 10.1. The van der Waals surface area contributed by atoms with Crippen molar-refractivity contribution in [3.8, 4) is 0 Å².